The van der Waals surface area contributed by atoms with Gasteiger partial charge in [-0.05, 0) is 6.08 Å². The number of rotatable bonds is 1. The third-order valence-corrected chi connectivity index (χ3v) is 1.65. The fraction of sp³-hybridized carbons (Fsp3) is 0.500. The first-order valence-electron chi connectivity index (χ1n) is 2.73. The van der Waals surface area contributed by atoms with Crippen molar-refractivity contribution in [2.75, 3.05) is 13.2 Å². The molecule has 0 radical (unpaired) electrons. The van der Waals surface area contributed by atoms with Crippen molar-refractivity contribution >= 4 is 17.9 Å². The number of hydrogen-bond donors (Lipinski definition) is 0. The largest absolute Gasteiger partial charge is 0.376 e. The Kier molecular flexibility index (Phi) is 2.25. The van der Waals surface area contributed by atoms with E-state index >= 15 is 0 Å². The van der Waals surface area contributed by atoms with Crippen molar-refractivity contribution in [3.05, 3.63) is 11.1 Å². The van der Waals surface area contributed by atoms with E-state index in [4.69, 9.17) is 16.3 Å². The van der Waals surface area contributed by atoms with Gasteiger partial charge in [0.15, 0.2) is 0 Å². The fourth-order valence-corrected chi connectivity index (χ4v) is 0.846. The average molecular weight is 147 g/mol. The van der Waals surface area contributed by atoms with E-state index in [1.807, 2.05) is 0 Å². The zero-order valence-corrected chi connectivity index (χ0v) is 5.60. The number of carbonyl (C=O) groups excluding carboxylic acids is 1. The van der Waals surface area contributed by atoms with E-state index in [1.54, 1.807) is 6.08 Å². The molecule has 1 aliphatic heterocycles. The monoisotopic (exact) mass is 146 g/mol. The Hall–Kier alpha value is -0.340. The predicted molar refractivity (Wildman–Crippen MR) is 34.3 cm³/mol. The number of carbonyl (C=O) groups is 1. The molecule has 3 heteroatoms. The van der Waals surface area contributed by atoms with Crippen LogP contribution >= 0.6 is 11.6 Å². The van der Waals surface area contributed by atoms with E-state index in [9.17, 15) is 4.79 Å². The van der Waals surface area contributed by atoms with Gasteiger partial charge in [0.05, 0.1) is 19.1 Å². The molecule has 0 saturated carbocycles. The van der Waals surface area contributed by atoms with Crippen LogP contribution in [0.2, 0.25) is 0 Å². The van der Waals surface area contributed by atoms with E-state index in [2.05, 4.69) is 0 Å². The second-order valence-electron chi connectivity index (χ2n) is 1.87. The molecule has 0 aromatic carbocycles. The maximum atomic E-state index is 10.2. The molecule has 0 aliphatic carbocycles. The van der Waals surface area contributed by atoms with E-state index in [0.717, 1.165) is 6.29 Å². The molecule has 0 fully saturated rings. The first kappa shape index (κ1) is 6.78. The normalized spacial score (nSPS) is 27.2. The summed E-state index contributed by atoms with van der Waals surface area (Å²) in [7, 11) is 0. The SMILES string of the molecule is O=CC1COCC=C1Cl. The van der Waals surface area contributed by atoms with Crippen molar-refractivity contribution in [2.45, 2.75) is 0 Å². The van der Waals surface area contributed by atoms with Crippen LogP contribution in [-0.4, -0.2) is 19.5 Å². The highest BCUT2D eigenvalue weighted by Crippen LogP contribution is 2.17. The molecule has 0 spiro atoms. The lowest BCUT2D eigenvalue weighted by atomic mass is 10.1. The standard InChI is InChI=1S/C6H7ClO2/c7-6-1-2-9-4-5(6)3-8/h1,3,5H,2,4H2. The van der Waals surface area contributed by atoms with Crippen LogP contribution in [0, 0.1) is 5.92 Å². The smallest absolute Gasteiger partial charge is 0.130 e. The molecule has 0 N–H and O–H groups in total. The zero-order chi connectivity index (χ0) is 6.69. The van der Waals surface area contributed by atoms with Gasteiger partial charge in [0.2, 0.25) is 0 Å². The highest BCUT2D eigenvalue weighted by Gasteiger charge is 2.14. The van der Waals surface area contributed by atoms with Gasteiger partial charge >= 0.3 is 0 Å². The zero-order valence-electron chi connectivity index (χ0n) is 4.84. The summed E-state index contributed by atoms with van der Waals surface area (Å²) in [4.78, 5) is 10.2. The van der Waals surface area contributed by atoms with Crippen molar-refractivity contribution in [1.82, 2.24) is 0 Å². The van der Waals surface area contributed by atoms with Gasteiger partial charge in [0.1, 0.15) is 6.29 Å². The van der Waals surface area contributed by atoms with Gasteiger partial charge in [-0.1, -0.05) is 11.6 Å². The highest BCUT2D eigenvalue weighted by molar-refractivity contribution is 6.30. The third kappa shape index (κ3) is 1.53. The lowest BCUT2D eigenvalue weighted by Gasteiger charge is -2.13. The molecule has 0 aromatic heterocycles. The summed E-state index contributed by atoms with van der Waals surface area (Å²) >= 11 is 5.63. The number of hydrogen-bond acceptors (Lipinski definition) is 2. The fourth-order valence-electron chi connectivity index (χ4n) is 0.669. The molecule has 1 rings (SSSR count). The van der Waals surface area contributed by atoms with Crippen LogP contribution in [0.25, 0.3) is 0 Å². The first-order valence-corrected chi connectivity index (χ1v) is 3.11. The molecule has 1 unspecified atom stereocenters. The van der Waals surface area contributed by atoms with E-state index < -0.39 is 0 Å². The molecule has 0 bridgehead atoms. The summed E-state index contributed by atoms with van der Waals surface area (Å²) in [5, 5.41) is 0.608. The molecule has 0 aromatic rings. The van der Waals surface area contributed by atoms with Gasteiger partial charge in [0.25, 0.3) is 0 Å². The van der Waals surface area contributed by atoms with Gasteiger partial charge in [0, 0.05) is 5.03 Å². The Bertz CT molecular complexity index is 142. The highest BCUT2D eigenvalue weighted by atomic mass is 35.5. The molecule has 1 heterocycles. The van der Waals surface area contributed by atoms with Crippen molar-refractivity contribution in [1.29, 1.82) is 0 Å². The summed E-state index contributed by atoms with van der Waals surface area (Å²) in [6.07, 6.45) is 2.52. The van der Waals surface area contributed by atoms with E-state index in [-0.39, 0.29) is 5.92 Å². The third-order valence-electron chi connectivity index (χ3n) is 1.21. The van der Waals surface area contributed by atoms with Crippen molar-refractivity contribution < 1.29 is 9.53 Å². The maximum Gasteiger partial charge on any atom is 0.130 e. The van der Waals surface area contributed by atoms with Gasteiger partial charge in [-0.15, -0.1) is 0 Å². The second kappa shape index (κ2) is 2.99. The topological polar surface area (TPSA) is 26.3 Å². The molecular formula is C6H7ClO2. The maximum absolute atomic E-state index is 10.2. The van der Waals surface area contributed by atoms with Crippen LogP contribution in [-0.2, 0) is 9.53 Å². The molecule has 0 amide bonds. The van der Waals surface area contributed by atoms with Crippen molar-refractivity contribution in [3.63, 3.8) is 0 Å². The van der Waals surface area contributed by atoms with Crippen molar-refractivity contribution in [3.8, 4) is 0 Å². The van der Waals surface area contributed by atoms with E-state index in [1.165, 1.54) is 0 Å². The second-order valence-corrected chi connectivity index (χ2v) is 2.31. The first-order chi connectivity index (χ1) is 4.34. The van der Waals surface area contributed by atoms with Crippen LogP contribution in [0.15, 0.2) is 11.1 Å². The predicted octanol–water partition coefficient (Wildman–Crippen LogP) is 0.954. The van der Waals surface area contributed by atoms with Crippen LogP contribution in [0.5, 0.6) is 0 Å². The molecular weight excluding hydrogens is 140 g/mol. The lowest BCUT2D eigenvalue weighted by molar-refractivity contribution is -0.111. The molecule has 1 atom stereocenters. The van der Waals surface area contributed by atoms with Crippen molar-refractivity contribution in [2.24, 2.45) is 5.92 Å². The summed E-state index contributed by atoms with van der Waals surface area (Å²) in [6.45, 7) is 0.960. The van der Waals surface area contributed by atoms with Gasteiger partial charge in [-0.3, -0.25) is 0 Å². The quantitative estimate of drug-likeness (QED) is 0.515. The van der Waals surface area contributed by atoms with Crippen LogP contribution in [0.4, 0.5) is 0 Å². The molecule has 2 nitrogen and oxygen atoms in total. The number of ether oxygens (including phenoxy) is 1. The molecule has 0 saturated heterocycles. The van der Waals surface area contributed by atoms with Gasteiger partial charge in [-0.25, -0.2) is 0 Å². The van der Waals surface area contributed by atoms with Gasteiger partial charge in [-0.2, -0.15) is 0 Å². The van der Waals surface area contributed by atoms with E-state index in [0.29, 0.717) is 18.2 Å². The van der Waals surface area contributed by atoms with Crippen LogP contribution in [0.3, 0.4) is 0 Å². The Morgan fingerprint density at radius 3 is 3.11 bits per heavy atom. The Morgan fingerprint density at radius 1 is 1.89 bits per heavy atom. The minimum Gasteiger partial charge on any atom is -0.376 e. The average Bonchev–Trinajstić information content (AvgIpc) is 1.89. The summed E-state index contributed by atoms with van der Waals surface area (Å²) in [5.74, 6) is -0.222. The minimum absolute atomic E-state index is 0.222. The minimum atomic E-state index is -0.222. The van der Waals surface area contributed by atoms with Crippen LogP contribution in [0.1, 0.15) is 0 Å². The summed E-state index contributed by atoms with van der Waals surface area (Å²) in [6, 6.07) is 0. The summed E-state index contributed by atoms with van der Waals surface area (Å²) < 4.78 is 4.95. The van der Waals surface area contributed by atoms with Crippen LogP contribution < -0.4 is 0 Å². The molecule has 50 valence electrons. The Balaban J connectivity index is 2.60. The number of aldehydes is 1. The molecule has 9 heavy (non-hydrogen) atoms. The number of halogens is 1. The molecule has 1 aliphatic rings. The summed E-state index contributed by atoms with van der Waals surface area (Å²) in [5.41, 5.74) is 0. The van der Waals surface area contributed by atoms with Gasteiger partial charge < -0.3 is 9.53 Å². The Labute approximate surface area is 58.4 Å². The Morgan fingerprint density at radius 2 is 2.67 bits per heavy atom. The lowest BCUT2D eigenvalue weighted by Crippen LogP contribution is -2.16.